The molecular weight excluding hydrogens is 464 g/mol. The molecule has 10 heteroatoms. The number of piperazine rings is 1. The molecule has 0 spiro atoms. The third kappa shape index (κ3) is 7.12. The molecule has 1 aliphatic heterocycles. The molecule has 0 unspecified atom stereocenters. The molecule has 2 aromatic carbocycles. The molecule has 36 heavy (non-hydrogen) atoms. The average molecular weight is 499 g/mol. The molecule has 194 valence electrons. The van der Waals surface area contributed by atoms with Gasteiger partial charge in [0.2, 0.25) is 11.8 Å². The standard InChI is InChI=1S/C26H34N4O6/c1-29-10-12-30(13-11-29)17-26(32)28-21-14-18(6-8-22(21)34-3)27-25(31)9-7-20-23(35-4)15-19(33-2)16-24(20)36-5/h6-9,14-16H,10-13,17H2,1-5H3,(H,27,31)(H,28,32)/b9-7+. The number of benzene rings is 2. The fourth-order valence-electron chi connectivity index (χ4n) is 3.82. The SMILES string of the molecule is COc1cc(OC)c(/C=C/C(=O)Nc2ccc(OC)c(NC(=O)CN3CCN(C)CC3)c2)c(OC)c1. The predicted octanol–water partition coefficient (Wildman–Crippen LogP) is 2.56. The van der Waals surface area contributed by atoms with Gasteiger partial charge in [0.15, 0.2) is 0 Å². The number of carbonyl (C=O) groups excluding carboxylic acids is 2. The summed E-state index contributed by atoms with van der Waals surface area (Å²) < 4.78 is 21.5. The van der Waals surface area contributed by atoms with Crippen molar-refractivity contribution >= 4 is 29.3 Å². The number of anilines is 2. The summed E-state index contributed by atoms with van der Waals surface area (Å²) in [4.78, 5) is 29.6. The Kier molecular flexibility index (Phi) is 9.54. The Hall–Kier alpha value is -3.76. The second kappa shape index (κ2) is 12.8. The molecule has 1 aliphatic rings. The van der Waals surface area contributed by atoms with Gasteiger partial charge in [-0.25, -0.2) is 0 Å². The number of amides is 2. The van der Waals surface area contributed by atoms with Crippen LogP contribution in [0.15, 0.2) is 36.4 Å². The summed E-state index contributed by atoms with van der Waals surface area (Å²) in [6.45, 7) is 3.84. The van der Waals surface area contributed by atoms with E-state index in [4.69, 9.17) is 18.9 Å². The fraction of sp³-hybridized carbons (Fsp3) is 0.385. The topological polar surface area (TPSA) is 102 Å². The Morgan fingerprint density at radius 3 is 2.08 bits per heavy atom. The van der Waals surface area contributed by atoms with Crippen LogP contribution < -0.4 is 29.6 Å². The maximum absolute atomic E-state index is 12.7. The average Bonchev–Trinajstić information content (AvgIpc) is 2.88. The van der Waals surface area contributed by atoms with Crippen molar-refractivity contribution in [3.05, 3.63) is 42.0 Å². The van der Waals surface area contributed by atoms with E-state index < -0.39 is 0 Å². The first-order chi connectivity index (χ1) is 17.4. The number of carbonyl (C=O) groups is 2. The molecule has 0 atom stereocenters. The summed E-state index contributed by atoms with van der Waals surface area (Å²) in [6, 6.07) is 8.48. The summed E-state index contributed by atoms with van der Waals surface area (Å²) in [6.07, 6.45) is 2.98. The third-order valence-corrected chi connectivity index (χ3v) is 5.86. The smallest absolute Gasteiger partial charge is 0.248 e. The van der Waals surface area contributed by atoms with Gasteiger partial charge >= 0.3 is 0 Å². The van der Waals surface area contributed by atoms with Gasteiger partial charge in [-0.05, 0) is 31.3 Å². The minimum Gasteiger partial charge on any atom is -0.496 e. The third-order valence-electron chi connectivity index (χ3n) is 5.86. The van der Waals surface area contributed by atoms with Gasteiger partial charge < -0.3 is 34.5 Å². The maximum Gasteiger partial charge on any atom is 0.248 e. The number of hydrogen-bond donors (Lipinski definition) is 2. The van der Waals surface area contributed by atoms with Crippen molar-refractivity contribution < 1.29 is 28.5 Å². The zero-order chi connectivity index (χ0) is 26.1. The number of nitrogens with one attached hydrogen (secondary N) is 2. The highest BCUT2D eigenvalue weighted by molar-refractivity contribution is 6.03. The molecule has 10 nitrogen and oxygen atoms in total. The molecule has 0 aliphatic carbocycles. The fourth-order valence-corrected chi connectivity index (χ4v) is 3.82. The highest BCUT2D eigenvalue weighted by atomic mass is 16.5. The van der Waals surface area contributed by atoms with Crippen LogP contribution in [0.2, 0.25) is 0 Å². The summed E-state index contributed by atoms with van der Waals surface area (Å²) in [5, 5.41) is 5.70. The second-order valence-electron chi connectivity index (χ2n) is 8.31. The molecule has 3 rings (SSSR count). The van der Waals surface area contributed by atoms with Crippen molar-refractivity contribution in [2.24, 2.45) is 0 Å². The van der Waals surface area contributed by atoms with E-state index in [1.807, 2.05) is 0 Å². The number of ether oxygens (including phenoxy) is 4. The van der Waals surface area contributed by atoms with Crippen LogP contribution in [-0.2, 0) is 9.59 Å². The molecule has 2 amide bonds. The molecule has 1 fully saturated rings. The van der Waals surface area contributed by atoms with Gasteiger partial charge in [0.05, 0.1) is 46.2 Å². The number of rotatable bonds is 10. The first-order valence-electron chi connectivity index (χ1n) is 11.5. The highest BCUT2D eigenvalue weighted by Crippen LogP contribution is 2.35. The van der Waals surface area contributed by atoms with Crippen LogP contribution >= 0.6 is 0 Å². The Morgan fingerprint density at radius 2 is 1.50 bits per heavy atom. The predicted molar refractivity (Wildman–Crippen MR) is 139 cm³/mol. The van der Waals surface area contributed by atoms with Crippen LogP contribution in [0.25, 0.3) is 6.08 Å². The summed E-state index contributed by atoms with van der Waals surface area (Å²) >= 11 is 0. The molecule has 2 aromatic rings. The second-order valence-corrected chi connectivity index (χ2v) is 8.31. The van der Waals surface area contributed by atoms with E-state index in [9.17, 15) is 9.59 Å². The van der Waals surface area contributed by atoms with Crippen molar-refractivity contribution in [3.8, 4) is 23.0 Å². The Labute approximate surface area is 211 Å². The zero-order valence-corrected chi connectivity index (χ0v) is 21.4. The van der Waals surface area contributed by atoms with Crippen LogP contribution in [0.5, 0.6) is 23.0 Å². The molecule has 0 bridgehead atoms. The van der Waals surface area contributed by atoms with Crippen molar-refractivity contribution in [1.29, 1.82) is 0 Å². The first kappa shape index (κ1) is 26.8. The molecule has 2 N–H and O–H groups in total. The molecule has 0 radical (unpaired) electrons. The quantitative estimate of drug-likeness (QED) is 0.482. The van der Waals surface area contributed by atoms with Crippen LogP contribution in [-0.4, -0.2) is 89.8 Å². The van der Waals surface area contributed by atoms with E-state index in [1.54, 1.807) is 43.5 Å². The monoisotopic (exact) mass is 498 g/mol. The number of likely N-dealkylation sites (N-methyl/N-ethyl adjacent to an activating group) is 1. The van der Waals surface area contributed by atoms with Crippen molar-refractivity contribution in [3.63, 3.8) is 0 Å². The lowest BCUT2D eigenvalue weighted by Gasteiger charge is -2.31. The summed E-state index contributed by atoms with van der Waals surface area (Å²) in [5.74, 6) is 1.58. The van der Waals surface area contributed by atoms with Crippen molar-refractivity contribution in [1.82, 2.24) is 9.80 Å². The lowest BCUT2D eigenvalue weighted by Crippen LogP contribution is -2.47. The Bertz CT molecular complexity index is 1070. The zero-order valence-electron chi connectivity index (χ0n) is 21.4. The lowest BCUT2D eigenvalue weighted by atomic mass is 10.1. The van der Waals surface area contributed by atoms with Gasteiger partial charge in [0.1, 0.15) is 23.0 Å². The van der Waals surface area contributed by atoms with Gasteiger partial charge in [-0.15, -0.1) is 0 Å². The number of hydrogen-bond acceptors (Lipinski definition) is 8. The first-order valence-corrected chi connectivity index (χ1v) is 11.5. The number of methoxy groups -OCH3 is 4. The van der Waals surface area contributed by atoms with Crippen LogP contribution in [0.3, 0.4) is 0 Å². The van der Waals surface area contributed by atoms with Gasteiger partial charge in [-0.3, -0.25) is 14.5 Å². The van der Waals surface area contributed by atoms with Gasteiger partial charge in [0.25, 0.3) is 0 Å². The van der Waals surface area contributed by atoms with E-state index in [0.29, 0.717) is 46.5 Å². The maximum atomic E-state index is 12.7. The van der Waals surface area contributed by atoms with E-state index in [1.165, 1.54) is 27.4 Å². The molecular formula is C26H34N4O6. The molecule has 1 saturated heterocycles. The Morgan fingerprint density at radius 1 is 0.861 bits per heavy atom. The Balaban J connectivity index is 1.69. The number of nitrogens with zero attached hydrogens (tertiary/aromatic N) is 2. The van der Waals surface area contributed by atoms with E-state index >= 15 is 0 Å². The minimum absolute atomic E-state index is 0.139. The van der Waals surface area contributed by atoms with Gasteiger partial charge in [0, 0.05) is 50.1 Å². The normalized spacial score (nSPS) is 14.4. The van der Waals surface area contributed by atoms with Crippen molar-refractivity contribution in [2.45, 2.75) is 0 Å². The van der Waals surface area contributed by atoms with Crippen LogP contribution in [0.1, 0.15) is 5.56 Å². The minimum atomic E-state index is -0.366. The van der Waals surface area contributed by atoms with Gasteiger partial charge in [-0.1, -0.05) is 0 Å². The molecule has 1 heterocycles. The lowest BCUT2D eigenvalue weighted by molar-refractivity contribution is -0.117. The summed E-state index contributed by atoms with van der Waals surface area (Å²) in [7, 11) is 8.21. The van der Waals surface area contributed by atoms with Crippen LogP contribution in [0.4, 0.5) is 11.4 Å². The van der Waals surface area contributed by atoms with Crippen molar-refractivity contribution in [2.75, 3.05) is 78.8 Å². The van der Waals surface area contributed by atoms with E-state index in [2.05, 4.69) is 27.5 Å². The molecule has 0 saturated carbocycles. The van der Waals surface area contributed by atoms with E-state index in [-0.39, 0.29) is 11.8 Å². The molecule has 0 aromatic heterocycles. The van der Waals surface area contributed by atoms with Crippen LogP contribution in [0, 0.1) is 0 Å². The van der Waals surface area contributed by atoms with E-state index in [0.717, 1.165) is 26.2 Å². The highest BCUT2D eigenvalue weighted by Gasteiger charge is 2.18. The largest absolute Gasteiger partial charge is 0.496 e. The summed E-state index contributed by atoms with van der Waals surface area (Å²) in [5.41, 5.74) is 1.59. The van der Waals surface area contributed by atoms with Gasteiger partial charge in [-0.2, -0.15) is 0 Å².